The largest absolute Gasteiger partial charge is 0.368 e. The van der Waals surface area contributed by atoms with E-state index in [1.54, 1.807) is 23.9 Å². The number of nitrogens with one attached hydrogen (secondary N) is 3. The summed E-state index contributed by atoms with van der Waals surface area (Å²) >= 11 is 3.09. The number of urea groups is 1. The molecule has 0 aliphatic rings. The first kappa shape index (κ1) is 22.1. The van der Waals surface area contributed by atoms with Crippen LogP contribution in [0, 0.1) is 0 Å². The van der Waals surface area contributed by atoms with Crippen molar-refractivity contribution in [1.29, 1.82) is 0 Å². The molecule has 3 aromatic heterocycles. The maximum Gasteiger partial charge on any atom is 0.325 e. The molecule has 4 rings (SSSR count). The number of likely N-dealkylation sites (N-methyl/N-ethyl adjacent to an activating group) is 1. The molecule has 10 heteroatoms. The molecule has 0 aliphatic carbocycles. The van der Waals surface area contributed by atoms with Gasteiger partial charge in [-0.2, -0.15) is 0 Å². The highest BCUT2D eigenvalue weighted by atomic mass is 32.1. The van der Waals surface area contributed by atoms with Crippen LogP contribution in [0.3, 0.4) is 0 Å². The Labute approximate surface area is 194 Å². The van der Waals surface area contributed by atoms with Crippen LogP contribution in [0.15, 0.2) is 48.2 Å². The first-order chi connectivity index (χ1) is 15.6. The van der Waals surface area contributed by atoms with Gasteiger partial charge in [0.05, 0.1) is 10.2 Å². The van der Waals surface area contributed by atoms with Crippen molar-refractivity contribution in [3.63, 3.8) is 0 Å². The number of carbonyl (C=O) groups is 1. The van der Waals surface area contributed by atoms with E-state index in [2.05, 4.69) is 41.9 Å². The molecule has 0 aliphatic heterocycles. The maximum atomic E-state index is 12.4. The van der Waals surface area contributed by atoms with Crippen molar-refractivity contribution >= 4 is 55.6 Å². The van der Waals surface area contributed by atoms with E-state index < -0.39 is 0 Å². The lowest BCUT2D eigenvalue weighted by Crippen LogP contribution is -2.19. The summed E-state index contributed by atoms with van der Waals surface area (Å²) in [5, 5.41) is 11.7. The molecule has 0 spiro atoms. The summed E-state index contributed by atoms with van der Waals surface area (Å²) in [6.45, 7) is 1.68. The standard InChI is InChI=1S/C22H25N7OS2/c1-29(2)10-7-15-4-3-5-16(12-15)27-21(30)28-22-24-13-17(32-22)6-9-23-20-19-18(8-11-31-19)25-14-26-20/h3-5,8,11-14H,6-7,9-10H2,1-2H3,(H,23,25,26)(H2,24,27,28,30). The van der Waals surface area contributed by atoms with Crippen molar-refractivity contribution in [2.75, 3.05) is 43.1 Å². The highest BCUT2D eigenvalue weighted by molar-refractivity contribution is 7.17. The summed E-state index contributed by atoms with van der Waals surface area (Å²) < 4.78 is 1.06. The van der Waals surface area contributed by atoms with Crippen LogP contribution in [0.2, 0.25) is 0 Å². The number of aromatic nitrogens is 3. The average Bonchev–Trinajstić information content (AvgIpc) is 3.42. The Kier molecular flexibility index (Phi) is 7.25. The predicted octanol–water partition coefficient (Wildman–Crippen LogP) is 4.55. The van der Waals surface area contributed by atoms with Crippen molar-refractivity contribution in [1.82, 2.24) is 19.9 Å². The molecule has 2 amide bonds. The van der Waals surface area contributed by atoms with E-state index in [1.165, 1.54) is 16.9 Å². The highest BCUT2D eigenvalue weighted by Crippen LogP contribution is 2.25. The molecule has 166 valence electrons. The van der Waals surface area contributed by atoms with Gasteiger partial charge in [-0.1, -0.05) is 12.1 Å². The zero-order valence-corrected chi connectivity index (χ0v) is 19.6. The number of rotatable bonds is 9. The van der Waals surface area contributed by atoms with Gasteiger partial charge in [-0.05, 0) is 49.7 Å². The average molecular weight is 468 g/mol. The number of carbonyl (C=O) groups excluding carboxylic acids is 1. The van der Waals surface area contributed by atoms with Crippen LogP contribution in [0.25, 0.3) is 10.2 Å². The molecule has 0 unspecified atom stereocenters. The zero-order valence-electron chi connectivity index (χ0n) is 18.0. The second kappa shape index (κ2) is 10.5. The van der Waals surface area contributed by atoms with E-state index in [4.69, 9.17) is 0 Å². The number of hydrogen-bond donors (Lipinski definition) is 3. The van der Waals surface area contributed by atoms with Crippen LogP contribution < -0.4 is 16.0 Å². The maximum absolute atomic E-state index is 12.4. The van der Waals surface area contributed by atoms with Crippen molar-refractivity contribution in [3.05, 3.63) is 58.7 Å². The zero-order chi connectivity index (χ0) is 22.3. The second-order valence-corrected chi connectivity index (χ2v) is 9.53. The van der Waals surface area contributed by atoms with E-state index in [-0.39, 0.29) is 6.03 Å². The fraction of sp³-hybridized carbons (Fsp3) is 0.273. The molecule has 3 N–H and O–H groups in total. The van der Waals surface area contributed by atoms with Crippen LogP contribution in [0.1, 0.15) is 10.4 Å². The van der Waals surface area contributed by atoms with Crippen molar-refractivity contribution in [2.24, 2.45) is 0 Å². The molecule has 4 aromatic rings. The van der Waals surface area contributed by atoms with Crippen LogP contribution in [-0.4, -0.2) is 53.1 Å². The molecule has 3 heterocycles. The molecule has 0 bridgehead atoms. The molecule has 0 saturated heterocycles. The Hall–Kier alpha value is -3.08. The highest BCUT2D eigenvalue weighted by Gasteiger charge is 2.09. The minimum Gasteiger partial charge on any atom is -0.368 e. The van der Waals surface area contributed by atoms with Gasteiger partial charge in [0.1, 0.15) is 12.1 Å². The van der Waals surface area contributed by atoms with Crippen LogP contribution >= 0.6 is 22.7 Å². The Bertz CT molecular complexity index is 1190. The molecule has 32 heavy (non-hydrogen) atoms. The van der Waals surface area contributed by atoms with Crippen molar-refractivity contribution < 1.29 is 4.79 Å². The topological polar surface area (TPSA) is 95.1 Å². The van der Waals surface area contributed by atoms with E-state index in [1.807, 2.05) is 43.7 Å². The van der Waals surface area contributed by atoms with E-state index in [0.717, 1.165) is 52.5 Å². The lowest BCUT2D eigenvalue weighted by molar-refractivity contribution is 0.262. The number of benzene rings is 1. The molecule has 0 saturated carbocycles. The molecule has 8 nitrogen and oxygen atoms in total. The van der Waals surface area contributed by atoms with Gasteiger partial charge < -0.3 is 15.5 Å². The number of amides is 2. The van der Waals surface area contributed by atoms with Gasteiger partial charge >= 0.3 is 6.03 Å². The quantitative estimate of drug-likeness (QED) is 0.334. The van der Waals surface area contributed by atoms with Crippen molar-refractivity contribution in [3.8, 4) is 0 Å². The molecule has 0 atom stereocenters. The monoisotopic (exact) mass is 467 g/mol. The third-order valence-corrected chi connectivity index (χ3v) is 6.60. The molecular formula is C22H25N7OS2. The van der Waals surface area contributed by atoms with Gasteiger partial charge in [-0.15, -0.1) is 22.7 Å². The molecular weight excluding hydrogens is 442 g/mol. The van der Waals surface area contributed by atoms with E-state index >= 15 is 0 Å². The summed E-state index contributed by atoms with van der Waals surface area (Å²) in [4.78, 5) is 28.5. The van der Waals surface area contributed by atoms with E-state index in [0.29, 0.717) is 5.13 Å². The van der Waals surface area contributed by atoms with Crippen LogP contribution in [-0.2, 0) is 12.8 Å². The molecule has 1 aromatic carbocycles. The normalized spacial score (nSPS) is 11.1. The van der Waals surface area contributed by atoms with E-state index in [9.17, 15) is 4.79 Å². The lowest BCUT2D eigenvalue weighted by atomic mass is 10.1. The van der Waals surface area contributed by atoms with Gasteiger partial charge in [0.15, 0.2) is 5.13 Å². The Morgan fingerprint density at radius 2 is 2.00 bits per heavy atom. The summed E-state index contributed by atoms with van der Waals surface area (Å²) in [5.41, 5.74) is 2.90. The summed E-state index contributed by atoms with van der Waals surface area (Å²) in [7, 11) is 4.10. The Morgan fingerprint density at radius 3 is 2.88 bits per heavy atom. The number of nitrogens with zero attached hydrogens (tertiary/aromatic N) is 4. The number of anilines is 3. The predicted molar refractivity (Wildman–Crippen MR) is 133 cm³/mol. The number of thiazole rings is 1. The van der Waals surface area contributed by atoms with Gasteiger partial charge in [0, 0.05) is 36.3 Å². The minimum absolute atomic E-state index is 0.296. The van der Waals surface area contributed by atoms with Crippen LogP contribution in [0.5, 0.6) is 0 Å². The Balaban J connectivity index is 1.26. The lowest BCUT2D eigenvalue weighted by Gasteiger charge is -2.11. The first-order valence-corrected chi connectivity index (χ1v) is 11.9. The first-order valence-electron chi connectivity index (χ1n) is 10.3. The fourth-order valence-electron chi connectivity index (χ4n) is 3.12. The summed E-state index contributed by atoms with van der Waals surface area (Å²) in [6.07, 6.45) is 5.08. The minimum atomic E-state index is -0.296. The summed E-state index contributed by atoms with van der Waals surface area (Å²) in [5.74, 6) is 0.847. The van der Waals surface area contributed by atoms with Gasteiger partial charge in [-0.3, -0.25) is 5.32 Å². The van der Waals surface area contributed by atoms with Gasteiger partial charge in [0.2, 0.25) is 0 Å². The van der Waals surface area contributed by atoms with Crippen LogP contribution in [0.4, 0.5) is 21.4 Å². The fourth-order valence-corrected chi connectivity index (χ4v) is 4.73. The number of fused-ring (bicyclic) bond motifs is 1. The van der Waals surface area contributed by atoms with Gasteiger partial charge in [-0.25, -0.2) is 19.7 Å². The SMILES string of the molecule is CN(C)CCc1cccc(NC(=O)Nc2ncc(CCNc3ncnc4ccsc34)s2)c1. The third kappa shape index (κ3) is 6.00. The molecule has 0 radical (unpaired) electrons. The molecule has 0 fully saturated rings. The van der Waals surface area contributed by atoms with Crippen molar-refractivity contribution in [2.45, 2.75) is 12.8 Å². The number of thiophene rings is 1. The smallest absolute Gasteiger partial charge is 0.325 e. The third-order valence-electron chi connectivity index (χ3n) is 4.71. The number of hydrogen-bond acceptors (Lipinski definition) is 8. The summed E-state index contributed by atoms with van der Waals surface area (Å²) in [6, 6.07) is 9.60. The second-order valence-electron chi connectivity index (χ2n) is 7.50. The van der Waals surface area contributed by atoms with Gasteiger partial charge in [0.25, 0.3) is 0 Å². The Morgan fingerprint density at radius 1 is 1.09 bits per heavy atom.